The summed E-state index contributed by atoms with van der Waals surface area (Å²) in [6.45, 7) is 5.41. The van der Waals surface area contributed by atoms with Crippen LogP contribution in [-0.2, 0) is 14.8 Å². The van der Waals surface area contributed by atoms with Gasteiger partial charge in [0.1, 0.15) is 17.4 Å². The normalized spacial score (nSPS) is 11.5. The molecule has 0 spiro atoms. The lowest BCUT2D eigenvalue weighted by molar-refractivity contribution is -0.113. The first-order valence-corrected chi connectivity index (χ1v) is 11.6. The quantitative estimate of drug-likeness (QED) is 0.384. The molecule has 3 aromatic carbocycles. The summed E-state index contributed by atoms with van der Waals surface area (Å²) in [4.78, 5) is 13.6. The van der Waals surface area contributed by atoms with Crippen LogP contribution < -0.4 is 9.04 Å². The van der Waals surface area contributed by atoms with Gasteiger partial charge in [0.2, 0.25) is 0 Å². The Kier molecular flexibility index (Phi) is 7.00. The monoisotopic (exact) mass is 460 g/mol. The molecule has 0 aliphatic rings. The Morgan fingerprint density at radius 1 is 0.970 bits per heavy atom. The third-order valence-corrected chi connectivity index (χ3v) is 7.04. The van der Waals surface area contributed by atoms with E-state index < -0.39 is 15.9 Å². The largest absolute Gasteiger partial charge is 0.496 e. The van der Waals surface area contributed by atoms with Gasteiger partial charge in [-0.2, -0.15) is 9.57 Å². The number of sulfonamides is 1. The van der Waals surface area contributed by atoms with E-state index >= 15 is 0 Å². The maximum atomic E-state index is 13.7. The number of hydrogen-bond donors (Lipinski definition) is 0. The first-order valence-electron chi connectivity index (χ1n) is 10.2. The van der Waals surface area contributed by atoms with Gasteiger partial charge in [-0.25, -0.2) is 8.42 Å². The predicted octanol–water partition coefficient (Wildman–Crippen LogP) is 4.95. The standard InChI is InChI=1S/C26H24N2O4S/c1-18-12-14-23(15-13-18)33(30,31)28(24-10-7-8-19(2)20(24)3)26(29)22(17-27)16-21-9-5-6-11-25(21)32-4/h5-16H,1-4H3/b22-16+. The number of carbonyl (C=O) groups excluding carboxylic acids is 1. The summed E-state index contributed by atoms with van der Waals surface area (Å²) in [5.74, 6) is -0.490. The summed E-state index contributed by atoms with van der Waals surface area (Å²) in [5.41, 5.74) is 2.66. The van der Waals surface area contributed by atoms with Gasteiger partial charge in [0.05, 0.1) is 17.7 Å². The summed E-state index contributed by atoms with van der Waals surface area (Å²) in [7, 11) is -2.83. The number of methoxy groups -OCH3 is 1. The van der Waals surface area contributed by atoms with Crippen molar-refractivity contribution in [2.75, 3.05) is 11.4 Å². The van der Waals surface area contributed by atoms with Gasteiger partial charge in [-0.05, 0) is 62.2 Å². The van der Waals surface area contributed by atoms with Crippen molar-refractivity contribution in [2.24, 2.45) is 0 Å². The van der Waals surface area contributed by atoms with Crippen LogP contribution in [-0.4, -0.2) is 21.4 Å². The lowest BCUT2D eigenvalue weighted by Gasteiger charge is -2.25. The molecule has 0 saturated heterocycles. The van der Waals surface area contributed by atoms with Crippen LogP contribution in [0, 0.1) is 32.1 Å². The molecule has 0 saturated carbocycles. The lowest BCUT2D eigenvalue weighted by Crippen LogP contribution is -2.38. The second kappa shape index (κ2) is 9.72. The molecule has 168 valence electrons. The highest BCUT2D eigenvalue weighted by molar-refractivity contribution is 7.93. The molecule has 0 unspecified atom stereocenters. The maximum Gasteiger partial charge on any atom is 0.282 e. The highest BCUT2D eigenvalue weighted by Crippen LogP contribution is 2.31. The molecule has 33 heavy (non-hydrogen) atoms. The van der Waals surface area contributed by atoms with Gasteiger partial charge in [-0.3, -0.25) is 4.79 Å². The molecule has 0 aromatic heterocycles. The molecule has 3 aromatic rings. The zero-order valence-electron chi connectivity index (χ0n) is 18.9. The minimum atomic E-state index is -4.31. The van der Waals surface area contributed by atoms with Crippen LogP contribution in [0.5, 0.6) is 5.75 Å². The van der Waals surface area contributed by atoms with E-state index in [1.807, 2.05) is 26.0 Å². The summed E-state index contributed by atoms with van der Waals surface area (Å²) in [5, 5.41) is 9.81. The lowest BCUT2D eigenvalue weighted by atomic mass is 10.1. The number of ether oxygens (including phenoxy) is 1. The number of amides is 1. The molecule has 0 aliphatic heterocycles. The topological polar surface area (TPSA) is 87.5 Å². The van der Waals surface area contributed by atoms with Crippen molar-refractivity contribution < 1.29 is 17.9 Å². The van der Waals surface area contributed by atoms with Gasteiger partial charge in [0, 0.05) is 5.56 Å². The Morgan fingerprint density at radius 3 is 2.27 bits per heavy atom. The molecule has 0 bridgehead atoms. The molecule has 0 aliphatic carbocycles. The van der Waals surface area contributed by atoms with Crippen molar-refractivity contribution in [2.45, 2.75) is 25.7 Å². The molecule has 3 rings (SSSR count). The molecule has 0 fully saturated rings. The number of benzene rings is 3. The molecule has 0 heterocycles. The zero-order chi connectivity index (χ0) is 24.2. The predicted molar refractivity (Wildman–Crippen MR) is 128 cm³/mol. The van der Waals surface area contributed by atoms with Crippen molar-refractivity contribution in [3.63, 3.8) is 0 Å². The Hall–Kier alpha value is -3.89. The van der Waals surface area contributed by atoms with Gasteiger partial charge in [-0.15, -0.1) is 0 Å². The Morgan fingerprint density at radius 2 is 1.64 bits per heavy atom. The van der Waals surface area contributed by atoms with Crippen LogP contribution in [0.1, 0.15) is 22.3 Å². The smallest absolute Gasteiger partial charge is 0.282 e. The van der Waals surface area contributed by atoms with E-state index in [1.165, 1.54) is 25.3 Å². The number of para-hydroxylation sites is 1. The molecule has 7 heteroatoms. The fourth-order valence-corrected chi connectivity index (χ4v) is 4.78. The van der Waals surface area contributed by atoms with Gasteiger partial charge in [-0.1, -0.05) is 48.0 Å². The molecule has 0 N–H and O–H groups in total. The maximum absolute atomic E-state index is 13.7. The molecule has 1 amide bonds. The molecule has 0 radical (unpaired) electrons. The third kappa shape index (κ3) is 4.81. The minimum Gasteiger partial charge on any atom is -0.496 e. The average molecular weight is 461 g/mol. The van der Waals surface area contributed by atoms with Gasteiger partial charge in [0.15, 0.2) is 0 Å². The van der Waals surface area contributed by atoms with Crippen molar-refractivity contribution in [3.05, 3.63) is 94.6 Å². The van der Waals surface area contributed by atoms with E-state index in [2.05, 4.69) is 0 Å². The van der Waals surface area contributed by atoms with Gasteiger partial charge in [0.25, 0.3) is 15.9 Å². The van der Waals surface area contributed by atoms with Crippen LogP contribution in [0.3, 0.4) is 0 Å². The molecule has 0 atom stereocenters. The van der Waals surface area contributed by atoms with E-state index in [0.29, 0.717) is 21.2 Å². The van der Waals surface area contributed by atoms with E-state index in [1.54, 1.807) is 55.5 Å². The van der Waals surface area contributed by atoms with Crippen LogP contribution in [0.25, 0.3) is 6.08 Å². The number of hydrogen-bond acceptors (Lipinski definition) is 5. The zero-order valence-corrected chi connectivity index (χ0v) is 19.7. The van der Waals surface area contributed by atoms with E-state index in [0.717, 1.165) is 11.1 Å². The summed E-state index contributed by atoms with van der Waals surface area (Å²) < 4.78 is 33.4. The number of aryl methyl sites for hydroxylation is 2. The van der Waals surface area contributed by atoms with Crippen molar-refractivity contribution >= 4 is 27.7 Å². The second-order valence-corrected chi connectivity index (χ2v) is 9.31. The number of nitrogens with zero attached hydrogens (tertiary/aromatic N) is 2. The first-order chi connectivity index (χ1) is 15.7. The molecular weight excluding hydrogens is 436 g/mol. The molecule has 6 nitrogen and oxygen atoms in total. The minimum absolute atomic E-state index is 0.0445. The SMILES string of the molecule is COc1ccccc1/C=C(\C#N)C(=O)N(c1cccc(C)c1C)S(=O)(=O)c1ccc(C)cc1. The number of anilines is 1. The Balaban J connectivity index is 2.24. The van der Waals surface area contributed by atoms with E-state index in [4.69, 9.17) is 4.74 Å². The van der Waals surface area contributed by atoms with Gasteiger partial charge < -0.3 is 4.74 Å². The van der Waals surface area contributed by atoms with Crippen molar-refractivity contribution in [3.8, 4) is 11.8 Å². The van der Waals surface area contributed by atoms with Crippen LogP contribution >= 0.6 is 0 Å². The highest BCUT2D eigenvalue weighted by Gasteiger charge is 2.34. The number of carbonyl (C=O) groups is 1. The first kappa shape index (κ1) is 23.8. The third-order valence-electron chi connectivity index (χ3n) is 5.33. The Bertz CT molecular complexity index is 1370. The summed E-state index contributed by atoms with van der Waals surface area (Å²) >= 11 is 0. The summed E-state index contributed by atoms with van der Waals surface area (Å²) in [6.07, 6.45) is 1.34. The fraction of sp³-hybridized carbons (Fsp3) is 0.154. The van der Waals surface area contributed by atoms with Gasteiger partial charge >= 0.3 is 0 Å². The average Bonchev–Trinajstić information content (AvgIpc) is 2.80. The number of nitriles is 1. The summed E-state index contributed by atoms with van der Waals surface area (Å²) in [6, 6.07) is 20.0. The molecular formula is C26H24N2O4S. The van der Waals surface area contributed by atoms with E-state index in [-0.39, 0.29) is 16.2 Å². The van der Waals surface area contributed by atoms with Crippen LogP contribution in [0.15, 0.2) is 77.2 Å². The second-order valence-electron chi connectivity index (χ2n) is 7.52. The van der Waals surface area contributed by atoms with E-state index in [9.17, 15) is 18.5 Å². The highest BCUT2D eigenvalue weighted by atomic mass is 32.2. The number of rotatable bonds is 6. The van der Waals surface area contributed by atoms with Crippen LogP contribution in [0.2, 0.25) is 0 Å². The van der Waals surface area contributed by atoms with Crippen molar-refractivity contribution in [1.29, 1.82) is 5.26 Å². The fourth-order valence-electron chi connectivity index (χ4n) is 3.31. The Labute approximate surface area is 194 Å². The van der Waals surface area contributed by atoms with Crippen molar-refractivity contribution in [1.82, 2.24) is 0 Å². The van der Waals surface area contributed by atoms with Crippen LogP contribution in [0.4, 0.5) is 5.69 Å².